The fraction of sp³-hybridized carbons (Fsp3) is 0.261. The second kappa shape index (κ2) is 11.3. The summed E-state index contributed by atoms with van der Waals surface area (Å²) in [6, 6.07) is 19.3. The normalized spacial score (nSPS) is 10.6. The molecule has 152 valence electrons. The summed E-state index contributed by atoms with van der Waals surface area (Å²) in [5.74, 6) is 1.95. The second-order valence-corrected chi connectivity index (χ2v) is 6.82. The van der Waals surface area contributed by atoms with Crippen LogP contribution >= 0.6 is 11.6 Å². The Morgan fingerprint density at radius 2 is 1.79 bits per heavy atom. The van der Waals surface area contributed by atoms with Gasteiger partial charge in [-0.05, 0) is 36.2 Å². The molecule has 1 heterocycles. The van der Waals surface area contributed by atoms with E-state index in [1.165, 1.54) is 0 Å². The van der Waals surface area contributed by atoms with Gasteiger partial charge in [0.05, 0.1) is 13.7 Å². The van der Waals surface area contributed by atoms with E-state index in [1.807, 2.05) is 60.7 Å². The lowest BCUT2D eigenvalue weighted by molar-refractivity contribution is 0.284. The van der Waals surface area contributed by atoms with Gasteiger partial charge in [-0.15, -0.1) is 0 Å². The first-order valence-electron chi connectivity index (χ1n) is 9.54. The molecule has 0 saturated carbocycles. The maximum atomic E-state index is 6.45. The van der Waals surface area contributed by atoms with Crippen molar-refractivity contribution in [2.75, 3.05) is 20.3 Å². The van der Waals surface area contributed by atoms with Crippen molar-refractivity contribution in [2.45, 2.75) is 19.6 Å². The number of aromatic nitrogens is 1. The van der Waals surface area contributed by atoms with E-state index in [9.17, 15) is 0 Å². The highest BCUT2D eigenvalue weighted by Crippen LogP contribution is 2.33. The zero-order valence-electron chi connectivity index (χ0n) is 16.4. The van der Waals surface area contributed by atoms with Crippen molar-refractivity contribution in [1.82, 2.24) is 10.3 Å². The minimum atomic E-state index is 0.460. The Morgan fingerprint density at radius 1 is 0.966 bits per heavy atom. The predicted molar refractivity (Wildman–Crippen MR) is 115 cm³/mol. The monoisotopic (exact) mass is 412 g/mol. The van der Waals surface area contributed by atoms with Crippen LogP contribution < -0.4 is 19.5 Å². The number of halogens is 1. The third-order valence-corrected chi connectivity index (χ3v) is 4.62. The van der Waals surface area contributed by atoms with Crippen molar-refractivity contribution in [2.24, 2.45) is 0 Å². The number of nitrogens with zero attached hydrogens (tertiary/aromatic N) is 1. The maximum absolute atomic E-state index is 6.45. The Labute approximate surface area is 176 Å². The van der Waals surface area contributed by atoms with Crippen LogP contribution in [0.25, 0.3) is 0 Å². The molecule has 0 unspecified atom stereocenters. The first-order chi connectivity index (χ1) is 14.3. The molecule has 3 aromatic rings. The van der Waals surface area contributed by atoms with Crippen molar-refractivity contribution in [3.63, 3.8) is 0 Å². The maximum Gasteiger partial charge on any atom is 0.213 e. The summed E-state index contributed by atoms with van der Waals surface area (Å²) >= 11 is 6.45. The molecule has 2 aromatic carbocycles. The first-order valence-corrected chi connectivity index (χ1v) is 9.91. The molecule has 1 aromatic heterocycles. The number of ether oxygens (including phenoxy) is 3. The average Bonchev–Trinajstić information content (AvgIpc) is 2.77. The quantitative estimate of drug-likeness (QED) is 0.455. The van der Waals surface area contributed by atoms with Crippen molar-refractivity contribution in [1.29, 1.82) is 0 Å². The van der Waals surface area contributed by atoms with Gasteiger partial charge in [0, 0.05) is 29.9 Å². The Bertz CT molecular complexity index is 876. The van der Waals surface area contributed by atoms with E-state index < -0.39 is 0 Å². The molecule has 0 aliphatic rings. The summed E-state index contributed by atoms with van der Waals surface area (Å²) in [4.78, 5) is 4.13. The van der Waals surface area contributed by atoms with Crippen molar-refractivity contribution in [3.8, 4) is 17.4 Å². The number of nitrogens with one attached hydrogen (secondary N) is 1. The third kappa shape index (κ3) is 6.66. The molecule has 0 fully saturated rings. The van der Waals surface area contributed by atoms with Gasteiger partial charge in [0.1, 0.15) is 6.61 Å². The molecular formula is C23H25ClN2O3. The van der Waals surface area contributed by atoms with Crippen LogP contribution in [0.5, 0.6) is 17.4 Å². The van der Waals surface area contributed by atoms with Gasteiger partial charge < -0.3 is 19.5 Å². The highest BCUT2D eigenvalue weighted by molar-refractivity contribution is 6.31. The summed E-state index contributed by atoms with van der Waals surface area (Å²) in [5, 5.41) is 4.02. The molecule has 3 rings (SSSR count). The van der Waals surface area contributed by atoms with Gasteiger partial charge in [-0.3, -0.25) is 0 Å². The van der Waals surface area contributed by atoms with Crippen LogP contribution in [0.2, 0.25) is 5.02 Å². The Balaban J connectivity index is 1.46. The standard InChI is InChI=1S/C23H25ClN2O3/c1-27-21-14-19(16-25-11-7-13-28-23-10-5-6-12-26-23)20(24)15-22(21)29-17-18-8-3-2-4-9-18/h2-6,8-10,12,14-15,25H,7,11,13,16-17H2,1H3. The number of rotatable bonds is 11. The lowest BCUT2D eigenvalue weighted by atomic mass is 10.2. The molecule has 1 N–H and O–H groups in total. The zero-order chi connectivity index (χ0) is 20.3. The molecule has 0 radical (unpaired) electrons. The Kier molecular flexibility index (Phi) is 8.16. The van der Waals surface area contributed by atoms with Gasteiger partial charge in [-0.1, -0.05) is 48.0 Å². The third-order valence-electron chi connectivity index (χ3n) is 4.27. The fourth-order valence-corrected chi connectivity index (χ4v) is 2.97. The molecule has 0 saturated heterocycles. The largest absolute Gasteiger partial charge is 0.493 e. The van der Waals surface area contributed by atoms with Crippen LogP contribution in [0.3, 0.4) is 0 Å². The number of methoxy groups -OCH3 is 1. The van der Waals surface area contributed by atoms with Gasteiger partial charge in [0.25, 0.3) is 0 Å². The van der Waals surface area contributed by atoms with E-state index in [2.05, 4.69) is 10.3 Å². The van der Waals surface area contributed by atoms with E-state index in [0.717, 1.165) is 24.1 Å². The number of pyridine rings is 1. The van der Waals surface area contributed by atoms with Crippen molar-refractivity contribution in [3.05, 3.63) is 83.0 Å². The van der Waals surface area contributed by atoms with E-state index in [1.54, 1.807) is 13.3 Å². The smallest absolute Gasteiger partial charge is 0.213 e. The molecule has 0 atom stereocenters. The van der Waals surface area contributed by atoms with E-state index in [0.29, 0.717) is 42.2 Å². The van der Waals surface area contributed by atoms with Crippen LogP contribution in [-0.4, -0.2) is 25.2 Å². The predicted octanol–water partition coefficient (Wildman–Crippen LogP) is 4.88. The van der Waals surface area contributed by atoms with Gasteiger partial charge >= 0.3 is 0 Å². The highest BCUT2D eigenvalue weighted by Gasteiger charge is 2.11. The molecule has 0 aliphatic carbocycles. The second-order valence-electron chi connectivity index (χ2n) is 6.42. The van der Waals surface area contributed by atoms with Crippen molar-refractivity contribution >= 4 is 11.6 Å². The summed E-state index contributed by atoms with van der Waals surface area (Å²) in [5.41, 5.74) is 2.05. The molecule has 0 bridgehead atoms. The van der Waals surface area contributed by atoms with Gasteiger partial charge in [-0.2, -0.15) is 0 Å². The molecule has 6 heteroatoms. The zero-order valence-corrected chi connectivity index (χ0v) is 17.2. The number of hydrogen-bond donors (Lipinski definition) is 1. The topological polar surface area (TPSA) is 52.6 Å². The molecule has 29 heavy (non-hydrogen) atoms. The number of benzene rings is 2. The van der Waals surface area contributed by atoms with Crippen LogP contribution in [0.1, 0.15) is 17.5 Å². The van der Waals surface area contributed by atoms with Crippen LogP contribution in [0.4, 0.5) is 0 Å². The molecule has 0 spiro atoms. The minimum absolute atomic E-state index is 0.460. The molecule has 0 amide bonds. The number of hydrogen-bond acceptors (Lipinski definition) is 5. The summed E-state index contributed by atoms with van der Waals surface area (Å²) in [6.07, 6.45) is 2.58. The van der Waals surface area contributed by atoms with E-state index >= 15 is 0 Å². The van der Waals surface area contributed by atoms with E-state index in [4.69, 9.17) is 25.8 Å². The van der Waals surface area contributed by atoms with Crippen LogP contribution in [0.15, 0.2) is 66.9 Å². The minimum Gasteiger partial charge on any atom is -0.493 e. The Hall–Kier alpha value is -2.76. The van der Waals surface area contributed by atoms with Gasteiger partial charge in [-0.25, -0.2) is 4.98 Å². The first kappa shape index (κ1) is 21.0. The summed E-state index contributed by atoms with van der Waals surface area (Å²) < 4.78 is 17.0. The fourth-order valence-electron chi connectivity index (χ4n) is 2.75. The summed E-state index contributed by atoms with van der Waals surface area (Å²) in [6.45, 7) is 2.50. The van der Waals surface area contributed by atoms with Crippen LogP contribution in [-0.2, 0) is 13.2 Å². The lowest BCUT2D eigenvalue weighted by Gasteiger charge is -2.14. The summed E-state index contributed by atoms with van der Waals surface area (Å²) in [7, 11) is 1.63. The van der Waals surface area contributed by atoms with Gasteiger partial charge in [0.15, 0.2) is 11.5 Å². The molecular weight excluding hydrogens is 388 g/mol. The average molecular weight is 413 g/mol. The SMILES string of the molecule is COc1cc(CNCCCOc2ccccn2)c(Cl)cc1OCc1ccccc1. The highest BCUT2D eigenvalue weighted by atomic mass is 35.5. The Morgan fingerprint density at radius 3 is 2.55 bits per heavy atom. The lowest BCUT2D eigenvalue weighted by Crippen LogP contribution is -2.17. The van der Waals surface area contributed by atoms with E-state index in [-0.39, 0.29) is 0 Å². The molecule has 0 aliphatic heterocycles. The van der Waals surface area contributed by atoms with Gasteiger partial charge in [0.2, 0.25) is 5.88 Å². The van der Waals surface area contributed by atoms with Crippen molar-refractivity contribution < 1.29 is 14.2 Å². The van der Waals surface area contributed by atoms with Crippen LogP contribution in [0, 0.1) is 0 Å². The molecule has 5 nitrogen and oxygen atoms in total.